The van der Waals surface area contributed by atoms with Gasteiger partial charge in [0.05, 0.1) is 5.56 Å². The van der Waals surface area contributed by atoms with Gasteiger partial charge in [0.2, 0.25) is 0 Å². The van der Waals surface area contributed by atoms with Crippen LogP contribution >= 0.6 is 0 Å². The van der Waals surface area contributed by atoms with Crippen molar-refractivity contribution in [1.29, 1.82) is 0 Å². The second-order valence-corrected chi connectivity index (χ2v) is 5.71. The van der Waals surface area contributed by atoms with Crippen LogP contribution in [0.5, 0.6) is 0 Å². The highest BCUT2D eigenvalue weighted by molar-refractivity contribution is 5.30. The van der Waals surface area contributed by atoms with Gasteiger partial charge in [0.1, 0.15) is 5.82 Å². The molecule has 118 valence electrons. The van der Waals surface area contributed by atoms with Crippen molar-refractivity contribution < 1.29 is 17.6 Å². The van der Waals surface area contributed by atoms with Gasteiger partial charge in [0.25, 0.3) is 0 Å². The molecule has 1 aliphatic heterocycles. The summed E-state index contributed by atoms with van der Waals surface area (Å²) in [6.45, 7) is 5.77. The molecule has 0 spiro atoms. The molecule has 1 saturated heterocycles. The third-order valence-electron chi connectivity index (χ3n) is 3.90. The first-order chi connectivity index (χ1) is 9.79. The first-order valence-corrected chi connectivity index (χ1v) is 7.11. The first-order valence-electron chi connectivity index (χ1n) is 7.11. The predicted octanol–water partition coefficient (Wildman–Crippen LogP) is 3.42. The molecule has 0 amide bonds. The second-order valence-electron chi connectivity index (χ2n) is 5.71. The maximum atomic E-state index is 13.2. The van der Waals surface area contributed by atoms with Crippen LogP contribution in [0.15, 0.2) is 18.2 Å². The van der Waals surface area contributed by atoms with Gasteiger partial charge in [-0.1, -0.05) is 6.07 Å². The summed E-state index contributed by atoms with van der Waals surface area (Å²) in [5, 5.41) is 3.22. The van der Waals surface area contributed by atoms with Crippen LogP contribution < -0.4 is 5.32 Å². The summed E-state index contributed by atoms with van der Waals surface area (Å²) in [6, 6.07) is 3.27. The van der Waals surface area contributed by atoms with Crippen molar-refractivity contribution in [3.63, 3.8) is 0 Å². The molecule has 2 nitrogen and oxygen atoms in total. The molecule has 21 heavy (non-hydrogen) atoms. The van der Waals surface area contributed by atoms with E-state index < -0.39 is 17.6 Å². The van der Waals surface area contributed by atoms with E-state index in [9.17, 15) is 17.6 Å². The van der Waals surface area contributed by atoms with Crippen LogP contribution in [0.1, 0.15) is 31.4 Å². The average Bonchev–Trinajstić information content (AvgIpc) is 2.89. The van der Waals surface area contributed by atoms with E-state index in [4.69, 9.17) is 0 Å². The maximum Gasteiger partial charge on any atom is 0.416 e. The third kappa shape index (κ3) is 3.95. The lowest BCUT2D eigenvalue weighted by Crippen LogP contribution is -2.41. The van der Waals surface area contributed by atoms with Crippen molar-refractivity contribution in [2.75, 3.05) is 13.1 Å². The lowest BCUT2D eigenvalue weighted by Gasteiger charge is -2.33. The average molecular weight is 304 g/mol. The Morgan fingerprint density at radius 3 is 2.57 bits per heavy atom. The van der Waals surface area contributed by atoms with Crippen LogP contribution in [0.25, 0.3) is 0 Å². The second kappa shape index (κ2) is 6.32. The van der Waals surface area contributed by atoms with Crippen LogP contribution in [0, 0.1) is 5.82 Å². The fourth-order valence-electron chi connectivity index (χ4n) is 2.80. The number of nitrogens with zero attached hydrogens (tertiary/aromatic N) is 1. The van der Waals surface area contributed by atoms with E-state index in [1.165, 1.54) is 6.07 Å². The summed E-state index contributed by atoms with van der Waals surface area (Å²) in [5.41, 5.74) is -0.747. The molecule has 0 bridgehead atoms. The van der Waals surface area contributed by atoms with Crippen LogP contribution in [-0.4, -0.2) is 30.1 Å². The Morgan fingerprint density at radius 2 is 2.05 bits per heavy atom. The van der Waals surface area contributed by atoms with Gasteiger partial charge < -0.3 is 5.32 Å². The molecule has 1 N–H and O–H groups in total. The van der Waals surface area contributed by atoms with Gasteiger partial charge in [-0.2, -0.15) is 13.2 Å². The SMILES string of the molecule is CC(C)N(Cc1ccc(F)cc1C(F)(F)F)C1CCNC1. The summed E-state index contributed by atoms with van der Waals surface area (Å²) in [6.07, 6.45) is -3.62. The van der Waals surface area contributed by atoms with E-state index >= 15 is 0 Å². The maximum absolute atomic E-state index is 13.2. The molecule has 1 fully saturated rings. The number of hydrogen-bond acceptors (Lipinski definition) is 2. The first kappa shape index (κ1) is 16.2. The Balaban J connectivity index is 2.28. The fourth-order valence-corrected chi connectivity index (χ4v) is 2.80. The smallest absolute Gasteiger partial charge is 0.315 e. The van der Waals surface area contributed by atoms with Crippen molar-refractivity contribution in [1.82, 2.24) is 10.2 Å². The molecule has 1 aliphatic rings. The van der Waals surface area contributed by atoms with E-state index in [1.807, 2.05) is 18.7 Å². The number of benzene rings is 1. The van der Waals surface area contributed by atoms with Gasteiger partial charge in [-0.05, 0) is 44.5 Å². The minimum Gasteiger partial charge on any atom is -0.315 e. The molecule has 1 unspecified atom stereocenters. The normalized spacial score (nSPS) is 19.7. The lowest BCUT2D eigenvalue weighted by molar-refractivity contribution is -0.138. The van der Waals surface area contributed by atoms with E-state index in [0.29, 0.717) is 6.07 Å². The highest BCUT2D eigenvalue weighted by Gasteiger charge is 2.35. The lowest BCUT2D eigenvalue weighted by atomic mass is 10.0. The summed E-state index contributed by atoms with van der Waals surface area (Å²) in [4.78, 5) is 2.04. The van der Waals surface area contributed by atoms with E-state index in [-0.39, 0.29) is 24.2 Å². The van der Waals surface area contributed by atoms with E-state index in [1.54, 1.807) is 0 Å². The quantitative estimate of drug-likeness (QED) is 0.858. The predicted molar refractivity (Wildman–Crippen MR) is 73.4 cm³/mol. The molecule has 0 saturated carbocycles. The van der Waals surface area contributed by atoms with Gasteiger partial charge in [0.15, 0.2) is 0 Å². The highest BCUT2D eigenvalue weighted by atomic mass is 19.4. The Labute approximate surface area is 122 Å². The Hall–Kier alpha value is -1.14. The number of rotatable bonds is 4. The highest BCUT2D eigenvalue weighted by Crippen LogP contribution is 2.33. The molecule has 6 heteroatoms. The molecule has 1 heterocycles. The summed E-state index contributed by atoms with van der Waals surface area (Å²) in [5.74, 6) is -0.857. The third-order valence-corrected chi connectivity index (χ3v) is 3.90. The zero-order chi connectivity index (χ0) is 15.6. The summed E-state index contributed by atoms with van der Waals surface area (Å²) >= 11 is 0. The molecule has 1 aromatic carbocycles. The largest absolute Gasteiger partial charge is 0.416 e. The molecule has 0 aliphatic carbocycles. The molecular weight excluding hydrogens is 284 g/mol. The van der Waals surface area contributed by atoms with Crippen molar-refractivity contribution in [3.05, 3.63) is 35.1 Å². The van der Waals surface area contributed by atoms with Crippen molar-refractivity contribution in [2.45, 2.75) is 45.1 Å². The zero-order valence-corrected chi connectivity index (χ0v) is 12.2. The minimum absolute atomic E-state index is 0.126. The molecular formula is C15H20F4N2. The molecule has 1 atom stereocenters. The van der Waals surface area contributed by atoms with Crippen molar-refractivity contribution in [3.8, 4) is 0 Å². The summed E-state index contributed by atoms with van der Waals surface area (Å²) in [7, 11) is 0. The van der Waals surface area contributed by atoms with Gasteiger partial charge in [-0.25, -0.2) is 4.39 Å². The van der Waals surface area contributed by atoms with E-state index in [2.05, 4.69) is 5.32 Å². The van der Waals surface area contributed by atoms with Crippen LogP contribution in [0.3, 0.4) is 0 Å². The topological polar surface area (TPSA) is 15.3 Å². The fraction of sp³-hybridized carbons (Fsp3) is 0.600. The zero-order valence-electron chi connectivity index (χ0n) is 12.2. The van der Waals surface area contributed by atoms with Gasteiger partial charge in [0, 0.05) is 25.2 Å². The number of hydrogen-bond donors (Lipinski definition) is 1. The number of halogens is 4. The standard InChI is InChI=1S/C15H20F4N2/c1-10(2)21(13-5-6-20-8-13)9-11-3-4-12(16)7-14(11)15(17,18)19/h3-4,7,10,13,20H,5-6,8-9H2,1-2H3. The summed E-state index contributed by atoms with van der Waals surface area (Å²) < 4.78 is 52.3. The molecule has 2 rings (SSSR count). The van der Waals surface area contributed by atoms with Gasteiger partial charge in [-0.15, -0.1) is 0 Å². The van der Waals surface area contributed by atoms with Crippen LogP contribution in [0.4, 0.5) is 17.6 Å². The van der Waals surface area contributed by atoms with Gasteiger partial charge in [-0.3, -0.25) is 4.90 Å². The Morgan fingerprint density at radius 1 is 1.33 bits per heavy atom. The van der Waals surface area contributed by atoms with Crippen molar-refractivity contribution in [2.24, 2.45) is 0 Å². The Kier molecular flexibility index (Phi) is 4.88. The van der Waals surface area contributed by atoms with Crippen LogP contribution in [-0.2, 0) is 12.7 Å². The van der Waals surface area contributed by atoms with Gasteiger partial charge >= 0.3 is 6.18 Å². The number of nitrogens with one attached hydrogen (secondary N) is 1. The molecule has 1 aromatic rings. The van der Waals surface area contributed by atoms with Crippen molar-refractivity contribution >= 4 is 0 Å². The van der Waals surface area contributed by atoms with Crippen LogP contribution in [0.2, 0.25) is 0 Å². The Bertz CT molecular complexity index is 479. The minimum atomic E-state index is -4.53. The number of alkyl halides is 3. The molecule has 0 radical (unpaired) electrons. The molecule has 0 aromatic heterocycles. The van der Waals surface area contributed by atoms with E-state index in [0.717, 1.165) is 25.6 Å². The monoisotopic (exact) mass is 304 g/mol.